The Bertz CT molecular complexity index is 1250. The van der Waals surface area contributed by atoms with Gasteiger partial charge in [-0.25, -0.2) is 8.42 Å². The monoisotopic (exact) mass is 476 g/mol. The van der Waals surface area contributed by atoms with Crippen molar-refractivity contribution in [3.8, 4) is 0 Å². The zero-order valence-electron chi connectivity index (χ0n) is 20.0. The molecule has 0 spiro atoms. The van der Waals surface area contributed by atoms with Gasteiger partial charge in [0, 0.05) is 0 Å². The number of rotatable bonds is 8. The minimum Gasteiger partial charge on any atom is -0.348 e. The Hall–Kier alpha value is -3.12. The van der Waals surface area contributed by atoms with Gasteiger partial charge in [0.15, 0.2) is 0 Å². The van der Waals surface area contributed by atoms with E-state index in [2.05, 4.69) is 37.4 Å². The van der Waals surface area contributed by atoms with Crippen LogP contribution in [-0.2, 0) is 27.7 Å². The topological polar surface area (TPSA) is 66.5 Å². The molecule has 0 fully saturated rings. The first kappa shape index (κ1) is 24.0. The number of amides is 1. The number of aryl methyl sites for hydroxylation is 2. The van der Waals surface area contributed by atoms with Gasteiger partial charge in [0.05, 0.1) is 16.6 Å². The van der Waals surface area contributed by atoms with E-state index in [0.29, 0.717) is 11.6 Å². The van der Waals surface area contributed by atoms with E-state index < -0.39 is 10.0 Å². The summed E-state index contributed by atoms with van der Waals surface area (Å²) in [6.07, 6.45) is 3.35. The number of carbonyl (C=O) groups is 1. The van der Waals surface area contributed by atoms with Gasteiger partial charge in [0.1, 0.15) is 6.54 Å². The molecule has 1 aliphatic rings. The van der Waals surface area contributed by atoms with E-state index in [0.717, 1.165) is 24.0 Å². The SMILES string of the molecule is CC(C)c1ccc(N(CC(=O)N[C@H](C)c2ccc3c(c2)CCC3)S(=O)(=O)c2ccccc2)cc1. The van der Waals surface area contributed by atoms with Gasteiger partial charge < -0.3 is 5.32 Å². The van der Waals surface area contributed by atoms with Gasteiger partial charge in [-0.05, 0) is 78.6 Å². The van der Waals surface area contributed by atoms with Crippen LogP contribution in [0, 0.1) is 0 Å². The molecule has 0 saturated carbocycles. The van der Waals surface area contributed by atoms with Gasteiger partial charge in [-0.3, -0.25) is 9.10 Å². The van der Waals surface area contributed by atoms with E-state index in [1.807, 2.05) is 19.1 Å². The molecule has 1 N–H and O–H groups in total. The maximum Gasteiger partial charge on any atom is 0.264 e. The number of benzene rings is 3. The van der Waals surface area contributed by atoms with E-state index in [1.54, 1.807) is 42.5 Å². The van der Waals surface area contributed by atoms with Crippen molar-refractivity contribution in [1.29, 1.82) is 0 Å². The molecule has 6 heteroatoms. The number of nitrogens with one attached hydrogen (secondary N) is 1. The molecule has 3 aromatic carbocycles. The molecular formula is C28H32N2O3S. The maximum atomic E-state index is 13.5. The number of anilines is 1. The second kappa shape index (κ2) is 10.0. The Kier molecular flexibility index (Phi) is 7.08. The average Bonchev–Trinajstić information content (AvgIpc) is 3.31. The fraction of sp³-hybridized carbons (Fsp3) is 0.321. The van der Waals surface area contributed by atoms with E-state index >= 15 is 0 Å². The highest BCUT2D eigenvalue weighted by Crippen LogP contribution is 2.27. The van der Waals surface area contributed by atoms with Gasteiger partial charge in [-0.2, -0.15) is 0 Å². The molecule has 0 unspecified atom stereocenters. The Morgan fingerprint density at radius 2 is 1.53 bits per heavy atom. The quantitative estimate of drug-likeness (QED) is 0.475. The lowest BCUT2D eigenvalue weighted by molar-refractivity contribution is -0.120. The minimum atomic E-state index is -3.92. The Morgan fingerprint density at radius 3 is 2.21 bits per heavy atom. The summed E-state index contributed by atoms with van der Waals surface area (Å²) in [6.45, 7) is 5.80. The largest absolute Gasteiger partial charge is 0.348 e. The fourth-order valence-electron chi connectivity index (χ4n) is 4.42. The smallest absolute Gasteiger partial charge is 0.264 e. The van der Waals surface area contributed by atoms with Crippen LogP contribution in [0.5, 0.6) is 0 Å². The first-order valence-corrected chi connectivity index (χ1v) is 13.3. The predicted molar refractivity (Wildman–Crippen MR) is 137 cm³/mol. The normalized spacial score (nSPS) is 14.0. The van der Waals surface area contributed by atoms with Crippen molar-refractivity contribution < 1.29 is 13.2 Å². The maximum absolute atomic E-state index is 13.5. The summed E-state index contributed by atoms with van der Waals surface area (Å²) in [5.74, 6) is -0.0230. The van der Waals surface area contributed by atoms with E-state index in [9.17, 15) is 13.2 Å². The third-order valence-electron chi connectivity index (χ3n) is 6.47. The first-order chi connectivity index (χ1) is 16.3. The van der Waals surface area contributed by atoms with Gasteiger partial charge in [0.2, 0.25) is 5.91 Å². The summed E-state index contributed by atoms with van der Waals surface area (Å²) < 4.78 is 28.2. The zero-order chi connectivity index (χ0) is 24.3. The van der Waals surface area contributed by atoms with Crippen molar-refractivity contribution in [2.24, 2.45) is 0 Å². The molecule has 0 bridgehead atoms. The lowest BCUT2D eigenvalue weighted by atomic mass is 10.0. The Labute approximate surface area is 202 Å². The summed E-state index contributed by atoms with van der Waals surface area (Å²) in [6, 6.07) is 21.8. The number of carbonyl (C=O) groups excluding carboxylic acids is 1. The van der Waals surface area contributed by atoms with Gasteiger partial charge in [0.25, 0.3) is 10.0 Å². The fourth-order valence-corrected chi connectivity index (χ4v) is 5.86. The summed E-state index contributed by atoms with van der Waals surface area (Å²) in [5.41, 5.74) is 5.33. The molecule has 178 valence electrons. The van der Waals surface area contributed by atoms with Crippen LogP contribution >= 0.6 is 0 Å². The summed E-state index contributed by atoms with van der Waals surface area (Å²) in [7, 11) is -3.92. The van der Waals surface area contributed by atoms with Crippen LogP contribution in [0.3, 0.4) is 0 Å². The van der Waals surface area contributed by atoms with Crippen LogP contribution in [0.1, 0.15) is 61.4 Å². The predicted octanol–water partition coefficient (Wildman–Crippen LogP) is 5.37. The highest BCUT2D eigenvalue weighted by atomic mass is 32.2. The second-order valence-electron chi connectivity index (χ2n) is 9.24. The summed E-state index contributed by atoms with van der Waals surface area (Å²) in [5, 5.41) is 3.00. The lowest BCUT2D eigenvalue weighted by Crippen LogP contribution is -2.41. The molecule has 3 aromatic rings. The molecule has 1 aliphatic carbocycles. The Balaban J connectivity index is 1.58. The number of nitrogens with zero attached hydrogens (tertiary/aromatic N) is 1. The summed E-state index contributed by atoms with van der Waals surface area (Å²) >= 11 is 0. The van der Waals surface area contributed by atoms with E-state index in [-0.39, 0.29) is 23.4 Å². The molecule has 0 saturated heterocycles. The van der Waals surface area contributed by atoms with Gasteiger partial charge in [-0.15, -0.1) is 0 Å². The molecule has 0 aromatic heterocycles. The van der Waals surface area contributed by atoms with Crippen LogP contribution < -0.4 is 9.62 Å². The van der Waals surface area contributed by atoms with Crippen LogP contribution in [-0.4, -0.2) is 20.9 Å². The van der Waals surface area contributed by atoms with Crippen molar-refractivity contribution in [2.45, 2.75) is 56.9 Å². The highest BCUT2D eigenvalue weighted by molar-refractivity contribution is 7.92. The average molecular weight is 477 g/mol. The van der Waals surface area contributed by atoms with Crippen LogP contribution in [0.4, 0.5) is 5.69 Å². The molecule has 5 nitrogen and oxygen atoms in total. The summed E-state index contributed by atoms with van der Waals surface area (Å²) in [4.78, 5) is 13.2. The molecule has 0 aliphatic heterocycles. The van der Waals surface area contributed by atoms with Crippen molar-refractivity contribution in [3.63, 3.8) is 0 Å². The Morgan fingerprint density at radius 1 is 0.882 bits per heavy atom. The number of fused-ring (bicyclic) bond motifs is 1. The minimum absolute atomic E-state index is 0.155. The lowest BCUT2D eigenvalue weighted by Gasteiger charge is -2.25. The number of hydrogen-bond donors (Lipinski definition) is 1. The molecule has 1 amide bonds. The van der Waals surface area contributed by atoms with Crippen molar-refractivity contribution in [1.82, 2.24) is 5.32 Å². The molecule has 34 heavy (non-hydrogen) atoms. The van der Waals surface area contributed by atoms with E-state index in [4.69, 9.17) is 0 Å². The molecule has 0 radical (unpaired) electrons. The van der Waals surface area contributed by atoms with E-state index in [1.165, 1.54) is 21.9 Å². The number of hydrogen-bond acceptors (Lipinski definition) is 3. The molecule has 0 heterocycles. The standard InChI is InChI=1S/C28H32N2O3S/c1-20(2)22-14-16-26(17-15-22)30(34(32,33)27-10-5-4-6-11-27)19-28(31)29-21(3)24-13-12-23-8-7-9-25(23)18-24/h4-6,10-18,20-21H,7-9,19H2,1-3H3,(H,29,31)/t21-/m1/s1. The third-order valence-corrected chi connectivity index (χ3v) is 8.25. The highest BCUT2D eigenvalue weighted by Gasteiger charge is 2.28. The van der Waals surface area contributed by atoms with Crippen molar-refractivity contribution in [2.75, 3.05) is 10.8 Å². The molecule has 1 atom stereocenters. The molecular weight excluding hydrogens is 444 g/mol. The van der Waals surface area contributed by atoms with Gasteiger partial charge >= 0.3 is 0 Å². The van der Waals surface area contributed by atoms with Crippen LogP contribution in [0.2, 0.25) is 0 Å². The second-order valence-corrected chi connectivity index (χ2v) is 11.1. The molecule has 4 rings (SSSR count). The number of sulfonamides is 1. The van der Waals surface area contributed by atoms with Crippen molar-refractivity contribution in [3.05, 3.63) is 95.1 Å². The van der Waals surface area contributed by atoms with Crippen molar-refractivity contribution >= 4 is 21.6 Å². The van der Waals surface area contributed by atoms with Crippen LogP contribution in [0.25, 0.3) is 0 Å². The first-order valence-electron chi connectivity index (χ1n) is 11.8. The van der Waals surface area contributed by atoms with Gasteiger partial charge in [-0.1, -0.05) is 62.4 Å². The zero-order valence-corrected chi connectivity index (χ0v) is 20.8. The third kappa shape index (κ3) is 5.17. The van der Waals surface area contributed by atoms with Crippen LogP contribution in [0.15, 0.2) is 77.7 Å².